The Hall–Kier alpha value is -2.84. The van der Waals surface area contributed by atoms with Crippen molar-refractivity contribution in [1.29, 1.82) is 0 Å². The van der Waals surface area contributed by atoms with Gasteiger partial charge in [0, 0.05) is 19.8 Å². The second kappa shape index (κ2) is 14.2. The number of Topliss-reactive ketones (excluding diaryl/α,β-unsaturated/α-hetero) is 1. The van der Waals surface area contributed by atoms with Crippen molar-refractivity contribution in [2.75, 3.05) is 32.5 Å². The molecule has 0 saturated carbocycles. The molecule has 0 spiro atoms. The Balaban J connectivity index is 2.14. The average molecular weight is 564 g/mol. The Morgan fingerprint density at radius 2 is 1.84 bits per heavy atom. The predicted octanol–water partition coefficient (Wildman–Crippen LogP) is 1.33. The smallest absolute Gasteiger partial charge is 0.431 e. The fraction of sp³-hybridized carbons (Fsp3) is 0.636. The van der Waals surface area contributed by atoms with E-state index in [9.17, 15) is 24.0 Å². The van der Waals surface area contributed by atoms with E-state index in [1.807, 2.05) is 13.8 Å². The fourth-order valence-electron chi connectivity index (χ4n) is 3.53. The number of esters is 1. The first-order chi connectivity index (χ1) is 17.6. The Bertz CT molecular complexity index is 968. The van der Waals surface area contributed by atoms with Crippen LogP contribution in [0.4, 0.5) is 4.79 Å². The molecule has 0 aromatic carbocycles. The van der Waals surface area contributed by atoms with Crippen LogP contribution < -0.4 is 5.32 Å². The number of fused-ring (bicyclic) bond motifs is 1. The van der Waals surface area contributed by atoms with Gasteiger partial charge in [-0.15, -0.1) is 23.4 Å². The summed E-state index contributed by atoms with van der Waals surface area (Å²) in [7, 11) is 2.58. The highest BCUT2D eigenvalue weighted by atomic mass is 35.5. The van der Waals surface area contributed by atoms with Crippen LogP contribution in [0.3, 0.4) is 0 Å². The third-order valence-electron chi connectivity index (χ3n) is 5.34. The zero-order valence-corrected chi connectivity index (χ0v) is 22.7. The van der Waals surface area contributed by atoms with Gasteiger partial charge in [0.1, 0.15) is 30.3 Å². The number of halogens is 1. The molecular weight excluding hydrogens is 534 g/mol. The SMILES string of the molecule is CCC(CC)OC(=O)OC(C)OC(=O)C1=C(COC)CS[C@@H]2C(NC(=O)C(=NOC)C(=O)CCl)C(=O)N12. The minimum atomic E-state index is -1.31. The maximum Gasteiger partial charge on any atom is 0.511 e. The van der Waals surface area contributed by atoms with Crippen molar-refractivity contribution in [3.8, 4) is 0 Å². The number of thioether (sulfide) groups is 1. The Labute approximate surface area is 223 Å². The maximum atomic E-state index is 13.0. The van der Waals surface area contributed by atoms with Crippen LogP contribution in [0.25, 0.3) is 0 Å². The van der Waals surface area contributed by atoms with E-state index in [2.05, 4.69) is 15.3 Å². The monoisotopic (exact) mass is 563 g/mol. The van der Waals surface area contributed by atoms with Crippen molar-refractivity contribution in [1.82, 2.24) is 10.2 Å². The number of ether oxygens (including phenoxy) is 4. The lowest BCUT2D eigenvalue weighted by Crippen LogP contribution is -2.71. The molecule has 0 aromatic rings. The van der Waals surface area contributed by atoms with E-state index in [0.29, 0.717) is 18.4 Å². The number of nitrogens with one attached hydrogen (secondary N) is 1. The van der Waals surface area contributed by atoms with E-state index >= 15 is 0 Å². The molecule has 0 bridgehead atoms. The summed E-state index contributed by atoms with van der Waals surface area (Å²) < 4.78 is 20.6. The molecule has 1 saturated heterocycles. The summed E-state index contributed by atoms with van der Waals surface area (Å²) in [5.74, 6) is -3.50. The van der Waals surface area contributed by atoms with E-state index in [-0.39, 0.29) is 24.2 Å². The molecule has 0 radical (unpaired) electrons. The number of rotatable bonds is 13. The summed E-state index contributed by atoms with van der Waals surface area (Å²) in [6.07, 6.45) is -1.43. The third kappa shape index (κ3) is 7.36. The molecule has 37 heavy (non-hydrogen) atoms. The van der Waals surface area contributed by atoms with Crippen LogP contribution in [-0.2, 0) is 43.0 Å². The highest BCUT2D eigenvalue weighted by molar-refractivity contribution is 8.00. The topological polar surface area (TPSA) is 159 Å². The predicted molar refractivity (Wildman–Crippen MR) is 132 cm³/mol. The standard InChI is InChI=1S/C22H30ClN3O10S/c1-6-13(7-2)36-22(31)35-11(3)34-21(30)17-12(9-32-4)10-37-20-16(19(29)26(17)20)24-18(28)15(25-33-5)14(27)8-23/h11,13,16,20H,6-10H2,1-5H3,(H,24,28)/t11?,16?,20-/m1/s1. The van der Waals surface area contributed by atoms with Crippen LogP contribution in [-0.4, -0.2) is 96.6 Å². The number of methoxy groups -OCH3 is 1. The van der Waals surface area contributed by atoms with Crippen molar-refractivity contribution in [3.05, 3.63) is 11.3 Å². The van der Waals surface area contributed by atoms with Crippen LogP contribution in [0.1, 0.15) is 33.6 Å². The van der Waals surface area contributed by atoms with Gasteiger partial charge in [-0.3, -0.25) is 19.3 Å². The molecule has 3 atom stereocenters. The van der Waals surface area contributed by atoms with Gasteiger partial charge in [-0.25, -0.2) is 9.59 Å². The molecule has 0 aliphatic carbocycles. The van der Waals surface area contributed by atoms with Gasteiger partial charge in [-0.2, -0.15) is 0 Å². The molecule has 2 amide bonds. The van der Waals surface area contributed by atoms with E-state index in [0.717, 1.165) is 7.11 Å². The second-order valence-electron chi connectivity index (χ2n) is 7.82. The molecule has 1 N–H and O–H groups in total. The van der Waals surface area contributed by atoms with E-state index < -0.39 is 59.0 Å². The van der Waals surface area contributed by atoms with Gasteiger partial charge in [-0.05, 0) is 18.4 Å². The molecule has 13 nitrogen and oxygen atoms in total. The number of amides is 2. The van der Waals surface area contributed by atoms with E-state index in [1.54, 1.807) is 0 Å². The van der Waals surface area contributed by atoms with Gasteiger partial charge in [-0.1, -0.05) is 19.0 Å². The second-order valence-corrected chi connectivity index (χ2v) is 9.19. The number of hydrogen-bond donors (Lipinski definition) is 1. The van der Waals surface area contributed by atoms with E-state index in [1.165, 1.54) is 30.7 Å². The zero-order chi connectivity index (χ0) is 27.7. The summed E-state index contributed by atoms with van der Waals surface area (Å²) in [6, 6.07) is -1.06. The van der Waals surface area contributed by atoms with Crippen molar-refractivity contribution in [2.24, 2.45) is 5.16 Å². The van der Waals surface area contributed by atoms with E-state index in [4.69, 9.17) is 30.5 Å². The van der Waals surface area contributed by atoms with Gasteiger partial charge in [0.15, 0.2) is 0 Å². The lowest BCUT2D eigenvalue weighted by molar-refractivity contribution is -0.169. The molecule has 0 aromatic heterocycles. The molecular formula is C22H30ClN3O10S. The minimum absolute atomic E-state index is 0.0335. The van der Waals surface area contributed by atoms with Crippen molar-refractivity contribution < 1.29 is 47.8 Å². The Kier molecular flexibility index (Phi) is 11.7. The Morgan fingerprint density at radius 3 is 2.41 bits per heavy atom. The molecule has 2 rings (SSSR count). The number of nitrogens with zero attached hydrogens (tertiary/aromatic N) is 2. The van der Waals surface area contributed by atoms with Gasteiger partial charge in [0.25, 0.3) is 11.8 Å². The first-order valence-corrected chi connectivity index (χ1v) is 13.0. The maximum absolute atomic E-state index is 13.0. The quantitative estimate of drug-likeness (QED) is 0.0655. The van der Waals surface area contributed by atoms with Gasteiger partial charge < -0.3 is 29.1 Å². The largest absolute Gasteiger partial charge is 0.511 e. The fourth-order valence-corrected chi connectivity index (χ4v) is 4.98. The lowest BCUT2D eigenvalue weighted by Gasteiger charge is -2.49. The molecule has 206 valence electrons. The zero-order valence-electron chi connectivity index (χ0n) is 21.1. The van der Waals surface area contributed by atoms with Crippen LogP contribution in [0.5, 0.6) is 0 Å². The summed E-state index contributed by atoms with van der Waals surface area (Å²) in [4.78, 5) is 68.1. The normalized spacial score (nSPS) is 20.0. The van der Waals surface area contributed by atoms with Gasteiger partial charge >= 0.3 is 12.1 Å². The molecule has 1 fully saturated rings. The number of oxime groups is 1. The van der Waals surface area contributed by atoms with Crippen LogP contribution >= 0.6 is 23.4 Å². The van der Waals surface area contributed by atoms with Crippen molar-refractivity contribution in [3.63, 3.8) is 0 Å². The van der Waals surface area contributed by atoms with Gasteiger partial charge in [0.2, 0.25) is 17.8 Å². The Morgan fingerprint density at radius 1 is 1.16 bits per heavy atom. The lowest BCUT2D eigenvalue weighted by atomic mass is 10.0. The van der Waals surface area contributed by atoms with Crippen LogP contribution in [0.15, 0.2) is 16.4 Å². The molecule has 2 aliphatic rings. The molecule has 2 heterocycles. The van der Waals surface area contributed by atoms with Crippen LogP contribution in [0, 0.1) is 0 Å². The first kappa shape index (κ1) is 30.4. The minimum Gasteiger partial charge on any atom is -0.431 e. The third-order valence-corrected chi connectivity index (χ3v) is 6.92. The van der Waals surface area contributed by atoms with Gasteiger partial charge in [0.05, 0.1) is 12.5 Å². The highest BCUT2D eigenvalue weighted by Crippen LogP contribution is 2.40. The molecule has 2 aliphatic heterocycles. The number of carbonyl (C=O) groups is 5. The number of ketones is 1. The number of β-lactam (4-membered cyclic amide) rings is 1. The first-order valence-electron chi connectivity index (χ1n) is 11.4. The summed E-state index contributed by atoms with van der Waals surface area (Å²) in [6.45, 7) is 5.08. The number of hydrogen-bond acceptors (Lipinski definition) is 12. The summed E-state index contributed by atoms with van der Waals surface area (Å²) in [5, 5.41) is 5.15. The molecule has 2 unspecified atom stereocenters. The molecule has 15 heteroatoms. The average Bonchev–Trinajstić information content (AvgIpc) is 2.87. The number of carbonyl (C=O) groups excluding carboxylic acids is 5. The number of alkyl halides is 1. The highest BCUT2D eigenvalue weighted by Gasteiger charge is 2.55. The van der Waals surface area contributed by atoms with Crippen LogP contribution in [0.2, 0.25) is 0 Å². The summed E-state index contributed by atoms with van der Waals surface area (Å²) >= 11 is 6.78. The van der Waals surface area contributed by atoms with Crippen molar-refractivity contribution >= 4 is 58.8 Å². The summed E-state index contributed by atoms with van der Waals surface area (Å²) in [5.41, 5.74) is -0.198. The van der Waals surface area contributed by atoms with Crippen molar-refractivity contribution in [2.45, 2.75) is 57.4 Å².